The molecule has 2 rings (SSSR count). The first-order chi connectivity index (χ1) is 8.25. The molecule has 0 saturated carbocycles. The van der Waals surface area contributed by atoms with Crippen LogP contribution < -0.4 is 5.32 Å². The Morgan fingerprint density at radius 1 is 1.29 bits per heavy atom. The maximum absolute atomic E-state index is 3.55. The number of anilines is 1. The molecule has 0 bridgehead atoms. The number of benzene rings is 1. The van der Waals surface area contributed by atoms with Gasteiger partial charge in [-0.1, -0.05) is 6.07 Å². The van der Waals surface area contributed by atoms with Crippen LogP contribution in [0.3, 0.4) is 0 Å². The predicted molar refractivity (Wildman–Crippen MR) is 82.7 cm³/mol. The van der Waals surface area contributed by atoms with Gasteiger partial charge in [0, 0.05) is 15.8 Å². The van der Waals surface area contributed by atoms with Gasteiger partial charge in [0.25, 0.3) is 0 Å². The number of aryl methyl sites for hydroxylation is 1. The first-order valence-corrected chi connectivity index (χ1v) is 7.56. The Labute approximate surface area is 118 Å². The summed E-state index contributed by atoms with van der Waals surface area (Å²) >= 11 is 2.37. The fraction of sp³-hybridized carbons (Fsp3) is 0.571. The Balaban J connectivity index is 1.72. The van der Waals surface area contributed by atoms with E-state index >= 15 is 0 Å². The molecule has 2 nitrogen and oxygen atoms in total. The molecule has 3 heteroatoms. The molecule has 1 aromatic carbocycles. The Morgan fingerprint density at radius 2 is 2.06 bits per heavy atom. The summed E-state index contributed by atoms with van der Waals surface area (Å²) in [6, 6.07) is 6.57. The lowest BCUT2D eigenvalue weighted by atomic mass is 10.2. The minimum absolute atomic E-state index is 1.08. The van der Waals surface area contributed by atoms with Gasteiger partial charge >= 0.3 is 0 Å². The third-order valence-corrected chi connectivity index (χ3v) is 4.04. The minimum atomic E-state index is 1.08. The van der Waals surface area contributed by atoms with Crippen LogP contribution in [0.5, 0.6) is 0 Å². The molecule has 1 N–H and O–H groups in total. The van der Waals surface area contributed by atoms with Gasteiger partial charge in [-0.2, -0.15) is 0 Å². The quantitative estimate of drug-likeness (QED) is 0.650. The van der Waals surface area contributed by atoms with Crippen LogP contribution in [0.2, 0.25) is 0 Å². The molecule has 0 aromatic heterocycles. The average molecular weight is 344 g/mol. The van der Waals surface area contributed by atoms with Crippen molar-refractivity contribution in [2.45, 2.75) is 26.2 Å². The predicted octanol–water partition coefficient (Wildman–Crippen LogP) is 3.50. The molecule has 0 atom stereocenters. The second-order valence-corrected chi connectivity index (χ2v) is 6.03. The molecule has 17 heavy (non-hydrogen) atoms. The summed E-state index contributed by atoms with van der Waals surface area (Å²) in [7, 11) is 0. The third-order valence-electron chi connectivity index (χ3n) is 3.36. The fourth-order valence-electron chi connectivity index (χ4n) is 2.32. The van der Waals surface area contributed by atoms with Crippen molar-refractivity contribution in [2.24, 2.45) is 0 Å². The van der Waals surface area contributed by atoms with Crippen molar-refractivity contribution in [3.05, 3.63) is 27.3 Å². The van der Waals surface area contributed by atoms with Gasteiger partial charge in [0.05, 0.1) is 0 Å². The topological polar surface area (TPSA) is 15.3 Å². The number of hydrogen-bond donors (Lipinski definition) is 1. The molecular weight excluding hydrogens is 323 g/mol. The fourth-order valence-corrected chi connectivity index (χ4v) is 2.81. The Bertz CT molecular complexity index is 359. The summed E-state index contributed by atoms with van der Waals surface area (Å²) in [6.07, 6.45) is 4.03. The second kappa shape index (κ2) is 6.59. The molecule has 0 amide bonds. The zero-order valence-corrected chi connectivity index (χ0v) is 12.7. The van der Waals surface area contributed by atoms with E-state index in [1.165, 1.54) is 53.7 Å². The summed E-state index contributed by atoms with van der Waals surface area (Å²) in [4.78, 5) is 2.57. The smallest absolute Gasteiger partial charge is 0.0380 e. The molecule has 1 fully saturated rings. The van der Waals surface area contributed by atoms with E-state index in [0.717, 1.165) is 6.54 Å². The van der Waals surface area contributed by atoms with Crippen molar-refractivity contribution >= 4 is 28.3 Å². The van der Waals surface area contributed by atoms with Gasteiger partial charge in [-0.25, -0.2) is 0 Å². The zero-order valence-electron chi connectivity index (χ0n) is 10.5. The van der Waals surface area contributed by atoms with Crippen LogP contribution in [0.25, 0.3) is 0 Å². The van der Waals surface area contributed by atoms with Gasteiger partial charge in [0.2, 0.25) is 0 Å². The second-order valence-electron chi connectivity index (χ2n) is 4.79. The first-order valence-electron chi connectivity index (χ1n) is 6.48. The largest absolute Gasteiger partial charge is 0.385 e. The lowest BCUT2D eigenvalue weighted by molar-refractivity contribution is 0.337. The van der Waals surface area contributed by atoms with Crippen LogP contribution >= 0.6 is 22.6 Å². The number of halogens is 1. The standard InChI is InChI=1S/C14H21IN2/c1-12-5-6-13(15)11-14(12)16-7-4-10-17-8-2-3-9-17/h5-6,11,16H,2-4,7-10H2,1H3. The van der Waals surface area contributed by atoms with Gasteiger partial charge in [-0.3, -0.25) is 0 Å². The molecule has 1 aromatic rings. The molecule has 1 aliphatic heterocycles. The Kier molecular flexibility index (Phi) is 5.10. The minimum Gasteiger partial charge on any atom is -0.385 e. The van der Waals surface area contributed by atoms with Crippen LogP contribution in [0.4, 0.5) is 5.69 Å². The SMILES string of the molecule is Cc1ccc(I)cc1NCCCN1CCCC1. The molecule has 0 aliphatic carbocycles. The van der Waals surface area contributed by atoms with E-state index in [1.54, 1.807) is 0 Å². The molecule has 0 spiro atoms. The van der Waals surface area contributed by atoms with Crippen molar-refractivity contribution in [3.63, 3.8) is 0 Å². The summed E-state index contributed by atoms with van der Waals surface area (Å²) in [5.74, 6) is 0. The highest BCUT2D eigenvalue weighted by atomic mass is 127. The van der Waals surface area contributed by atoms with Gasteiger partial charge < -0.3 is 10.2 Å². The van der Waals surface area contributed by atoms with E-state index in [0.29, 0.717) is 0 Å². The zero-order chi connectivity index (χ0) is 12.1. The third kappa shape index (κ3) is 4.14. The molecule has 1 aliphatic rings. The van der Waals surface area contributed by atoms with E-state index < -0.39 is 0 Å². The Hall–Kier alpha value is -0.290. The Morgan fingerprint density at radius 3 is 2.82 bits per heavy atom. The molecule has 1 heterocycles. The van der Waals surface area contributed by atoms with Crippen molar-refractivity contribution in [1.29, 1.82) is 0 Å². The molecular formula is C14H21IN2. The maximum Gasteiger partial charge on any atom is 0.0380 e. The van der Waals surface area contributed by atoms with Crippen LogP contribution in [0, 0.1) is 10.5 Å². The van der Waals surface area contributed by atoms with Gasteiger partial charge in [-0.05, 0) is 86.1 Å². The van der Waals surface area contributed by atoms with E-state index in [1.807, 2.05) is 0 Å². The van der Waals surface area contributed by atoms with Crippen molar-refractivity contribution in [1.82, 2.24) is 4.90 Å². The number of rotatable bonds is 5. The first kappa shape index (κ1) is 13.1. The summed E-state index contributed by atoms with van der Waals surface area (Å²) in [5.41, 5.74) is 2.63. The van der Waals surface area contributed by atoms with Crippen molar-refractivity contribution in [2.75, 3.05) is 31.5 Å². The lowest BCUT2D eigenvalue weighted by Gasteiger charge is -2.15. The summed E-state index contributed by atoms with van der Waals surface area (Å²) in [6.45, 7) is 7.11. The van der Waals surface area contributed by atoms with Crippen molar-refractivity contribution in [3.8, 4) is 0 Å². The summed E-state index contributed by atoms with van der Waals surface area (Å²) in [5, 5.41) is 3.55. The summed E-state index contributed by atoms with van der Waals surface area (Å²) < 4.78 is 1.30. The normalized spacial score (nSPS) is 16.4. The molecule has 94 valence electrons. The van der Waals surface area contributed by atoms with Gasteiger partial charge in [0.1, 0.15) is 0 Å². The monoisotopic (exact) mass is 344 g/mol. The van der Waals surface area contributed by atoms with E-state index in [4.69, 9.17) is 0 Å². The van der Waals surface area contributed by atoms with Crippen LogP contribution in [0.1, 0.15) is 24.8 Å². The van der Waals surface area contributed by atoms with Crippen LogP contribution in [-0.2, 0) is 0 Å². The highest BCUT2D eigenvalue weighted by Gasteiger charge is 2.10. The van der Waals surface area contributed by atoms with Crippen LogP contribution in [0.15, 0.2) is 18.2 Å². The molecule has 0 unspecified atom stereocenters. The highest BCUT2D eigenvalue weighted by molar-refractivity contribution is 14.1. The number of nitrogens with one attached hydrogen (secondary N) is 1. The van der Waals surface area contributed by atoms with E-state index in [9.17, 15) is 0 Å². The maximum atomic E-state index is 3.55. The van der Waals surface area contributed by atoms with E-state index in [2.05, 4.69) is 57.9 Å². The molecule has 0 radical (unpaired) electrons. The highest BCUT2D eigenvalue weighted by Crippen LogP contribution is 2.18. The lowest BCUT2D eigenvalue weighted by Crippen LogP contribution is -2.22. The van der Waals surface area contributed by atoms with Gasteiger partial charge in [-0.15, -0.1) is 0 Å². The number of nitrogens with zero attached hydrogens (tertiary/aromatic N) is 1. The number of likely N-dealkylation sites (tertiary alicyclic amines) is 1. The number of hydrogen-bond acceptors (Lipinski definition) is 2. The van der Waals surface area contributed by atoms with Gasteiger partial charge in [0.15, 0.2) is 0 Å². The van der Waals surface area contributed by atoms with Crippen LogP contribution in [-0.4, -0.2) is 31.1 Å². The van der Waals surface area contributed by atoms with E-state index in [-0.39, 0.29) is 0 Å². The average Bonchev–Trinajstić information content (AvgIpc) is 2.82. The molecule has 1 saturated heterocycles. The van der Waals surface area contributed by atoms with Crippen molar-refractivity contribution < 1.29 is 0 Å².